The van der Waals surface area contributed by atoms with Crippen molar-refractivity contribution >= 4 is 40.7 Å². The summed E-state index contributed by atoms with van der Waals surface area (Å²) in [6.45, 7) is 1.44. The summed E-state index contributed by atoms with van der Waals surface area (Å²) in [6, 6.07) is 0.273. The zero-order valence-corrected chi connectivity index (χ0v) is 23.1. The van der Waals surface area contributed by atoms with Crippen molar-refractivity contribution in [3.05, 3.63) is 39.9 Å². The third-order valence-corrected chi connectivity index (χ3v) is 7.89. The van der Waals surface area contributed by atoms with Crippen LogP contribution in [0.4, 0.5) is 11.4 Å². The Morgan fingerprint density at radius 3 is 2.32 bits per heavy atom. The van der Waals surface area contributed by atoms with E-state index in [1.54, 1.807) is 33.1 Å². The first-order valence-electron chi connectivity index (χ1n) is 12.8. The molecule has 0 saturated carbocycles. The van der Waals surface area contributed by atoms with Gasteiger partial charge < -0.3 is 41.1 Å². The monoisotopic (exact) mass is 572 g/mol. The summed E-state index contributed by atoms with van der Waals surface area (Å²) in [5.41, 5.74) is 1.49. The summed E-state index contributed by atoms with van der Waals surface area (Å²) in [6.07, 6.45) is -0.0115. The molecule has 0 aromatic heterocycles. The van der Waals surface area contributed by atoms with Gasteiger partial charge in [0.05, 0.1) is 23.9 Å². The molecule has 0 radical (unpaired) electrons. The number of phenols is 1. The fourth-order valence-corrected chi connectivity index (χ4v) is 6.16. The lowest BCUT2D eigenvalue weighted by atomic mass is 9.58. The van der Waals surface area contributed by atoms with Gasteiger partial charge in [-0.15, -0.1) is 0 Å². The Bertz CT molecular complexity index is 1460. The van der Waals surface area contributed by atoms with Crippen molar-refractivity contribution in [1.82, 2.24) is 4.90 Å². The van der Waals surface area contributed by atoms with Gasteiger partial charge in [0, 0.05) is 31.3 Å². The van der Waals surface area contributed by atoms with Gasteiger partial charge in [-0.25, -0.2) is 4.79 Å². The summed E-state index contributed by atoms with van der Waals surface area (Å²) in [5, 5.41) is 47.3. The van der Waals surface area contributed by atoms with Crippen LogP contribution in [0.5, 0.6) is 5.75 Å². The predicted molar refractivity (Wildman–Crippen MR) is 143 cm³/mol. The number of hydrogen-bond donors (Lipinski definition) is 6. The van der Waals surface area contributed by atoms with Gasteiger partial charge in [0.1, 0.15) is 17.1 Å². The highest BCUT2D eigenvalue weighted by atomic mass is 16.5. The molecule has 0 saturated heterocycles. The molecule has 4 atom stereocenters. The highest BCUT2D eigenvalue weighted by molar-refractivity contribution is 6.37. The summed E-state index contributed by atoms with van der Waals surface area (Å²) >= 11 is 0. The number of esters is 1. The number of rotatable bonds is 5. The number of aliphatic hydroxyl groups is 3. The van der Waals surface area contributed by atoms with Crippen LogP contribution in [0.1, 0.15) is 29.3 Å². The molecule has 0 heterocycles. The molecule has 1 aromatic carbocycles. The van der Waals surface area contributed by atoms with Crippen LogP contribution in [0.3, 0.4) is 0 Å². The van der Waals surface area contributed by atoms with E-state index in [1.807, 2.05) is 0 Å². The number of fused-ring (bicyclic) bond motifs is 3. The number of carbonyl (C=O) groups excluding carboxylic acids is 5. The zero-order chi connectivity index (χ0) is 30.7. The number of primary amides is 1. The van der Waals surface area contributed by atoms with Gasteiger partial charge in [0.25, 0.3) is 5.91 Å². The number of benzene rings is 1. The fraction of sp³-hybridized carbons (Fsp3) is 0.444. The lowest BCUT2D eigenvalue weighted by molar-refractivity contribution is -0.152. The SMILES string of the molecule is CCOC(=O)C(=O)Nc1cc(N(C)C)c2c(c1O)C(=O)C1=C(O)[C@]3(O)C(=O)C(C(N)=O)=C(O)[C@@H](N(C)C)C3CC1C2. The maximum atomic E-state index is 14.0. The molecule has 3 aliphatic carbocycles. The highest BCUT2D eigenvalue weighted by Crippen LogP contribution is 2.53. The van der Waals surface area contributed by atoms with Gasteiger partial charge >= 0.3 is 11.9 Å². The van der Waals surface area contributed by atoms with E-state index in [4.69, 9.17) is 5.73 Å². The molecule has 220 valence electrons. The Hall–Kier alpha value is -4.43. The van der Waals surface area contributed by atoms with Gasteiger partial charge in [-0.3, -0.25) is 24.1 Å². The second-order valence-electron chi connectivity index (χ2n) is 10.7. The van der Waals surface area contributed by atoms with Gasteiger partial charge in [-0.2, -0.15) is 0 Å². The Kier molecular flexibility index (Phi) is 7.35. The van der Waals surface area contributed by atoms with E-state index in [-0.39, 0.29) is 36.3 Å². The molecule has 14 heteroatoms. The third kappa shape index (κ3) is 4.30. The number of aliphatic hydroxyl groups excluding tert-OH is 2. The first-order chi connectivity index (χ1) is 19.1. The quantitative estimate of drug-likeness (QED) is 0.116. The first-order valence-corrected chi connectivity index (χ1v) is 12.8. The van der Waals surface area contributed by atoms with Crippen molar-refractivity contribution in [3.63, 3.8) is 0 Å². The second-order valence-corrected chi connectivity index (χ2v) is 10.7. The van der Waals surface area contributed by atoms with Crippen LogP contribution >= 0.6 is 0 Å². The highest BCUT2D eigenvalue weighted by Gasteiger charge is 2.63. The van der Waals surface area contributed by atoms with E-state index < -0.39 is 75.7 Å². The van der Waals surface area contributed by atoms with E-state index in [9.17, 15) is 44.4 Å². The number of hydrogen-bond acceptors (Lipinski definition) is 12. The molecule has 0 fully saturated rings. The van der Waals surface area contributed by atoms with Crippen LogP contribution in [-0.2, 0) is 30.3 Å². The third-order valence-electron chi connectivity index (χ3n) is 7.89. The average Bonchev–Trinajstić information content (AvgIpc) is 2.87. The molecule has 2 unspecified atom stereocenters. The number of likely N-dealkylation sites (N-methyl/N-ethyl adjacent to an activating group) is 1. The van der Waals surface area contributed by atoms with Crippen molar-refractivity contribution in [3.8, 4) is 5.75 Å². The van der Waals surface area contributed by atoms with Crippen molar-refractivity contribution in [1.29, 1.82) is 0 Å². The number of phenolic OH excluding ortho intramolecular Hbond substituents is 1. The molecule has 0 aliphatic heterocycles. The number of allylic oxidation sites excluding steroid dienone is 1. The van der Waals surface area contributed by atoms with E-state index in [0.717, 1.165) is 0 Å². The largest absolute Gasteiger partial charge is 0.510 e. The lowest BCUT2D eigenvalue weighted by Crippen LogP contribution is -2.63. The second kappa shape index (κ2) is 10.2. The van der Waals surface area contributed by atoms with Gasteiger partial charge in [0.15, 0.2) is 17.1 Å². The normalized spacial score (nSPS) is 25.4. The molecule has 1 aromatic rings. The average molecular weight is 573 g/mol. The minimum absolute atomic E-state index is 0.0573. The molecule has 7 N–H and O–H groups in total. The maximum absolute atomic E-state index is 14.0. The Morgan fingerprint density at radius 2 is 1.78 bits per heavy atom. The number of Topliss-reactive ketones (excluding diaryl/α,β-unsaturated/α-hetero) is 2. The number of ketones is 2. The molecule has 0 spiro atoms. The van der Waals surface area contributed by atoms with E-state index in [1.165, 1.54) is 17.9 Å². The number of ether oxygens (including phenoxy) is 1. The molecular formula is C27H32N4O10. The number of anilines is 2. The van der Waals surface area contributed by atoms with Crippen LogP contribution in [-0.4, -0.2) is 101 Å². The molecule has 4 rings (SSSR count). The molecule has 2 amide bonds. The summed E-state index contributed by atoms with van der Waals surface area (Å²) < 4.78 is 4.67. The van der Waals surface area contributed by atoms with Crippen molar-refractivity contribution in [2.45, 2.75) is 31.4 Å². The van der Waals surface area contributed by atoms with E-state index in [2.05, 4.69) is 10.1 Å². The van der Waals surface area contributed by atoms with Crippen LogP contribution in [0.15, 0.2) is 28.7 Å². The smallest absolute Gasteiger partial charge is 0.397 e. The van der Waals surface area contributed by atoms with Crippen LogP contribution < -0.4 is 16.0 Å². The van der Waals surface area contributed by atoms with Gasteiger partial charge in [-0.05, 0) is 51.4 Å². The van der Waals surface area contributed by atoms with Gasteiger partial charge in [-0.1, -0.05) is 0 Å². The molecule has 14 nitrogen and oxygen atoms in total. The lowest BCUT2D eigenvalue weighted by Gasteiger charge is -2.50. The van der Waals surface area contributed by atoms with Crippen LogP contribution in [0, 0.1) is 11.8 Å². The number of nitrogens with one attached hydrogen (secondary N) is 1. The minimum atomic E-state index is -2.78. The first kappa shape index (κ1) is 29.6. The van der Waals surface area contributed by atoms with E-state index >= 15 is 0 Å². The number of carbonyl (C=O) groups is 5. The minimum Gasteiger partial charge on any atom is -0.510 e. The maximum Gasteiger partial charge on any atom is 0.397 e. The zero-order valence-electron chi connectivity index (χ0n) is 23.1. The Morgan fingerprint density at radius 1 is 1.15 bits per heavy atom. The number of nitrogens with zero attached hydrogens (tertiary/aromatic N) is 2. The predicted octanol–water partition coefficient (Wildman–Crippen LogP) is -0.312. The van der Waals surface area contributed by atoms with Crippen LogP contribution in [0.2, 0.25) is 0 Å². The van der Waals surface area contributed by atoms with Gasteiger partial charge in [0.2, 0.25) is 5.78 Å². The topological polar surface area (TPSA) is 220 Å². The van der Waals surface area contributed by atoms with Crippen molar-refractivity contribution in [2.75, 3.05) is 45.0 Å². The number of aromatic hydroxyl groups is 1. The standard InChI is InChI=1S/C27H32N4O10/c1-6-41-26(39)25(38)29-13-9-14(30(2)3)11-7-10-8-12-18(31(4)5)21(34)17(24(28)37)23(36)27(12,40)22(35)15(10)20(33)16(11)19(13)32/h9-10,12,18,32,34-35,40H,6-8H2,1-5H3,(H2,28,37)(H,29,38)/t10?,12?,18-,27-/m0/s1. The summed E-state index contributed by atoms with van der Waals surface area (Å²) in [4.78, 5) is 66.8. The number of nitrogens with two attached hydrogens (primary N) is 1. The summed E-state index contributed by atoms with van der Waals surface area (Å²) in [5.74, 6) is -10.3. The molecule has 3 aliphatic rings. The summed E-state index contributed by atoms with van der Waals surface area (Å²) in [7, 11) is 6.41. The van der Waals surface area contributed by atoms with Crippen molar-refractivity contribution < 1.29 is 49.1 Å². The van der Waals surface area contributed by atoms with Crippen molar-refractivity contribution in [2.24, 2.45) is 17.6 Å². The Labute approximate surface area is 234 Å². The van der Waals surface area contributed by atoms with E-state index in [0.29, 0.717) is 11.3 Å². The number of amides is 2. The fourth-order valence-electron chi connectivity index (χ4n) is 6.16. The Balaban J connectivity index is 1.92. The molecule has 0 bridgehead atoms. The molecular weight excluding hydrogens is 540 g/mol. The molecule has 41 heavy (non-hydrogen) atoms. The van der Waals surface area contributed by atoms with Crippen LogP contribution in [0.25, 0.3) is 0 Å².